The zero-order chi connectivity index (χ0) is 13.9. The highest BCUT2D eigenvalue weighted by molar-refractivity contribution is 9.10. The van der Waals surface area contributed by atoms with E-state index in [1.54, 1.807) is 39.3 Å². The zero-order valence-corrected chi connectivity index (χ0v) is 12.1. The van der Waals surface area contributed by atoms with Gasteiger partial charge >= 0.3 is 6.03 Å². The molecule has 0 aliphatic heterocycles. The molecule has 1 aromatic carbocycles. The van der Waals surface area contributed by atoms with Gasteiger partial charge in [0, 0.05) is 25.6 Å². The van der Waals surface area contributed by atoms with Crippen LogP contribution in [-0.2, 0) is 4.79 Å². The van der Waals surface area contributed by atoms with Gasteiger partial charge in [-0.05, 0) is 17.7 Å². The zero-order valence-electron chi connectivity index (χ0n) is 10.6. The van der Waals surface area contributed by atoms with Crippen LogP contribution in [0.3, 0.4) is 0 Å². The maximum Gasteiger partial charge on any atom is 0.320 e. The predicted molar refractivity (Wildman–Crippen MR) is 72.9 cm³/mol. The highest BCUT2D eigenvalue weighted by Crippen LogP contribution is 2.23. The fraction of sp³-hybridized carbons (Fsp3) is 0.333. The number of halogens is 1. The van der Waals surface area contributed by atoms with Gasteiger partial charge in [0.25, 0.3) is 0 Å². The van der Waals surface area contributed by atoms with Crippen LogP contribution in [0.25, 0.3) is 0 Å². The summed E-state index contributed by atoms with van der Waals surface area (Å²) in [4.78, 5) is 26.2. The topological polar surface area (TPSA) is 66.6 Å². The van der Waals surface area contributed by atoms with Crippen LogP contribution in [0.15, 0.2) is 28.7 Å². The maximum atomic E-state index is 11.9. The van der Waals surface area contributed by atoms with E-state index in [1.807, 2.05) is 6.07 Å². The Kier molecular flexibility index (Phi) is 4.72. The molecule has 1 rings (SSSR count). The third-order valence-corrected chi connectivity index (χ3v) is 3.00. The normalized spacial score (nSPS) is 11.8. The van der Waals surface area contributed by atoms with Crippen LogP contribution < -0.4 is 5.73 Å². The molecular weight excluding hydrogens is 298 g/mol. The van der Waals surface area contributed by atoms with Crippen LogP contribution in [0.4, 0.5) is 4.79 Å². The van der Waals surface area contributed by atoms with Crippen molar-refractivity contribution in [1.29, 1.82) is 0 Å². The summed E-state index contributed by atoms with van der Waals surface area (Å²) < 4.78 is 0.831. The Bertz CT molecular complexity index is 462. The molecule has 0 spiro atoms. The fourth-order valence-electron chi connectivity index (χ4n) is 1.68. The second-order valence-electron chi connectivity index (χ2n) is 4.15. The minimum Gasteiger partial charge on any atom is -0.368 e. The Morgan fingerprint density at radius 1 is 1.28 bits per heavy atom. The van der Waals surface area contributed by atoms with Gasteiger partial charge in [0.1, 0.15) is 6.04 Å². The van der Waals surface area contributed by atoms with Crippen LogP contribution in [0.2, 0.25) is 0 Å². The first-order valence-electron chi connectivity index (χ1n) is 5.33. The molecule has 1 atom stereocenters. The van der Waals surface area contributed by atoms with Gasteiger partial charge in [-0.1, -0.05) is 28.1 Å². The third kappa shape index (κ3) is 3.22. The second kappa shape index (κ2) is 5.86. The lowest BCUT2D eigenvalue weighted by Gasteiger charge is -2.28. The number of nitrogens with zero attached hydrogens (tertiary/aromatic N) is 2. The van der Waals surface area contributed by atoms with E-state index >= 15 is 0 Å². The van der Waals surface area contributed by atoms with Crippen LogP contribution in [0, 0.1) is 0 Å². The number of carbonyl (C=O) groups is 2. The van der Waals surface area contributed by atoms with E-state index in [1.165, 1.54) is 9.80 Å². The molecule has 0 aliphatic carbocycles. The molecule has 98 valence electrons. The van der Waals surface area contributed by atoms with Gasteiger partial charge in [0.05, 0.1) is 0 Å². The molecule has 0 fully saturated rings. The van der Waals surface area contributed by atoms with Crippen molar-refractivity contribution in [3.63, 3.8) is 0 Å². The highest BCUT2D eigenvalue weighted by Gasteiger charge is 2.27. The number of primary amides is 1. The number of amides is 3. The SMILES string of the molecule is CN(C)C(=O)N(C)C(C(N)=O)c1cccc(Br)c1. The van der Waals surface area contributed by atoms with Crippen molar-refractivity contribution < 1.29 is 9.59 Å². The monoisotopic (exact) mass is 313 g/mol. The van der Waals surface area contributed by atoms with Crippen LogP contribution in [0.5, 0.6) is 0 Å². The molecule has 2 N–H and O–H groups in total. The molecule has 0 aromatic heterocycles. The lowest BCUT2D eigenvalue weighted by molar-refractivity contribution is -0.122. The minimum absolute atomic E-state index is 0.279. The van der Waals surface area contributed by atoms with E-state index in [-0.39, 0.29) is 6.03 Å². The Morgan fingerprint density at radius 3 is 2.33 bits per heavy atom. The molecule has 0 radical (unpaired) electrons. The number of nitrogens with two attached hydrogens (primary N) is 1. The summed E-state index contributed by atoms with van der Waals surface area (Å²) in [6.07, 6.45) is 0. The number of carbonyl (C=O) groups excluding carboxylic acids is 2. The van der Waals surface area contributed by atoms with Gasteiger partial charge in [-0.15, -0.1) is 0 Å². The van der Waals surface area contributed by atoms with E-state index in [4.69, 9.17) is 5.73 Å². The lowest BCUT2D eigenvalue weighted by Crippen LogP contribution is -2.43. The lowest BCUT2D eigenvalue weighted by atomic mass is 10.1. The van der Waals surface area contributed by atoms with Gasteiger partial charge in [-0.3, -0.25) is 4.79 Å². The first-order chi connectivity index (χ1) is 8.34. The molecule has 0 heterocycles. The molecular formula is C12H16BrN3O2. The summed E-state index contributed by atoms with van der Waals surface area (Å²) in [6.45, 7) is 0. The van der Waals surface area contributed by atoms with Crippen molar-refractivity contribution >= 4 is 27.9 Å². The summed E-state index contributed by atoms with van der Waals surface area (Å²) in [5.74, 6) is -0.564. The molecule has 0 saturated carbocycles. The first kappa shape index (κ1) is 14.5. The smallest absolute Gasteiger partial charge is 0.320 e. The average Bonchev–Trinajstić information content (AvgIpc) is 2.27. The molecule has 0 saturated heterocycles. The van der Waals surface area contributed by atoms with Crippen LogP contribution in [0.1, 0.15) is 11.6 Å². The van der Waals surface area contributed by atoms with Crippen molar-refractivity contribution in [3.8, 4) is 0 Å². The number of urea groups is 1. The summed E-state index contributed by atoms with van der Waals surface area (Å²) in [5, 5.41) is 0. The Hall–Kier alpha value is -1.56. The van der Waals surface area contributed by atoms with Gasteiger partial charge in [-0.25, -0.2) is 4.79 Å². The van der Waals surface area contributed by atoms with Crippen molar-refractivity contribution in [3.05, 3.63) is 34.3 Å². The Morgan fingerprint density at radius 2 is 1.89 bits per heavy atom. The molecule has 5 nitrogen and oxygen atoms in total. The van der Waals surface area contributed by atoms with E-state index in [9.17, 15) is 9.59 Å². The Balaban J connectivity index is 3.11. The van der Waals surface area contributed by atoms with Crippen molar-refractivity contribution in [2.75, 3.05) is 21.1 Å². The standard InChI is InChI=1S/C12H16BrN3O2/c1-15(2)12(18)16(3)10(11(14)17)8-5-4-6-9(13)7-8/h4-7,10H,1-3H3,(H2,14,17). The predicted octanol–water partition coefficient (Wildman–Crippen LogP) is 1.59. The molecule has 0 aliphatic rings. The van der Waals surface area contributed by atoms with E-state index in [2.05, 4.69) is 15.9 Å². The minimum atomic E-state index is -0.780. The van der Waals surface area contributed by atoms with Crippen molar-refractivity contribution in [2.24, 2.45) is 5.73 Å². The first-order valence-corrected chi connectivity index (χ1v) is 6.12. The van der Waals surface area contributed by atoms with Crippen molar-refractivity contribution in [2.45, 2.75) is 6.04 Å². The molecule has 6 heteroatoms. The van der Waals surface area contributed by atoms with E-state index in [0.29, 0.717) is 5.56 Å². The van der Waals surface area contributed by atoms with Gasteiger partial charge in [0.2, 0.25) is 5.91 Å². The van der Waals surface area contributed by atoms with Crippen LogP contribution in [-0.4, -0.2) is 42.9 Å². The molecule has 3 amide bonds. The molecule has 1 aromatic rings. The van der Waals surface area contributed by atoms with Gasteiger partial charge in [-0.2, -0.15) is 0 Å². The average molecular weight is 314 g/mol. The highest BCUT2D eigenvalue weighted by atomic mass is 79.9. The largest absolute Gasteiger partial charge is 0.368 e. The molecule has 0 bridgehead atoms. The number of hydrogen-bond acceptors (Lipinski definition) is 2. The fourth-order valence-corrected chi connectivity index (χ4v) is 2.10. The summed E-state index contributed by atoms with van der Waals surface area (Å²) in [7, 11) is 4.80. The maximum absolute atomic E-state index is 11.9. The number of benzene rings is 1. The summed E-state index contributed by atoms with van der Waals surface area (Å²) in [6, 6.07) is 6.11. The third-order valence-electron chi connectivity index (χ3n) is 2.51. The van der Waals surface area contributed by atoms with Gasteiger partial charge < -0.3 is 15.5 Å². The summed E-state index contributed by atoms with van der Waals surface area (Å²) in [5.41, 5.74) is 6.07. The number of likely N-dealkylation sites (N-methyl/N-ethyl adjacent to an activating group) is 1. The number of rotatable bonds is 3. The number of hydrogen-bond donors (Lipinski definition) is 1. The van der Waals surface area contributed by atoms with E-state index in [0.717, 1.165) is 4.47 Å². The van der Waals surface area contributed by atoms with Crippen LogP contribution >= 0.6 is 15.9 Å². The molecule has 1 unspecified atom stereocenters. The quantitative estimate of drug-likeness (QED) is 0.920. The van der Waals surface area contributed by atoms with Gasteiger partial charge in [0.15, 0.2) is 0 Å². The van der Waals surface area contributed by atoms with Crippen molar-refractivity contribution in [1.82, 2.24) is 9.80 Å². The second-order valence-corrected chi connectivity index (χ2v) is 5.06. The summed E-state index contributed by atoms with van der Waals surface area (Å²) >= 11 is 3.33. The Labute approximate surface area is 115 Å². The van der Waals surface area contributed by atoms with E-state index < -0.39 is 11.9 Å². The molecule has 18 heavy (non-hydrogen) atoms.